The molecule has 12 nitrogen and oxygen atoms in total. The monoisotopic (exact) mass is 678 g/mol. The van der Waals surface area contributed by atoms with E-state index in [1.165, 1.54) is 0 Å². The number of hydrogen-bond acceptors (Lipinski definition) is 8. The molecule has 12 heteroatoms. The highest BCUT2D eigenvalue weighted by molar-refractivity contribution is 6.08. The van der Waals surface area contributed by atoms with Crippen LogP contribution in [0.3, 0.4) is 0 Å². The van der Waals surface area contributed by atoms with E-state index >= 15 is 0 Å². The minimum Gasteiger partial charge on any atom is -0.324 e. The van der Waals surface area contributed by atoms with Crippen LogP contribution in [0, 0.1) is 21.7 Å². The fourth-order valence-electron chi connectivity index (χ4n) is 4.60. The highest BCUT2D eigenvalue weighted by Gasteiger charge is 2.27. The zero-order valence-corrected chi connectivity index (χ0v) is 30.9. The molecule has 0 spiro atoms. The smallest absolute Gasteiger partial charge is 0.229 e. The third-order valence-electron chi connectivity index (χ3n) is 7.98. The predicted molar refractivity (Wildman–Crippen MR) is 200 cm³/mol. The fourth-order valence-corrected chi connectivity index (χ4v) is 4.60. The van der Waals surface area contributed by atoms with Gasteiger partial charge in [-0.15, -0.1) is 0 Å². The maximum atomic E-state index is 13.0. The Morgan fingerprint density at radius 1 is 0.340 bits per heavy atom. The van der Waals surface area contributed by atoms with Crippen molar-refractivity contribution in [2.75, 3.05) is 21.3 Å². The van der Waals surface area contributed by atoms with Gasteiger partial charge in [0.2, 0.25) is 23.6 Å². The molecule has 2 heterocycles. The summed E-state index contributed by atoms with van der Waals surface area (Å²) < 4.78 is 0. The molecule has 0 aliphatic rings. The van der Waals surface area contributed by atoms with Gasteiger partial charge in [0, 0.05) is 21.7 Å². The molecular weight excluding hydrogens is 632 g/mol. The van der Waals surface area contributed by atoms with E-state index in [2.05, 4.69) is 21.3 Å². The number of amides is 4. The first-order valence-electron chi connectivity index (χ1n) is 16.6. The molecule has 0 saturated heterocycles. The summed E-state index contributed by atoms with van der Waals surface area (Å²) in [4.78, 5) is 71.5. The van der Waals surface area contributed by atoms with E-state index in [1.54, 1.807) is 36.4 Å². The lowest BCUT2D eigenvalue weighted by Crippen LogP contribution is -2.30. The van der Waals surface area contributed by atoms with Gasteiger partial charge >= 0.3 is 0 Å². The van der Waals surface area contributed by atoms with Gasteiger partial charge in [0.1, 0.15) is 0 Å². The van der Waals surface area contributed by atoms with Crippen molar-refractivity contribution in [2.45, 2.75) is 83.1 Å². The number of anilines is 4. The predicted octanol–water partition coefficient (Wildman–Crippen LogP) is 7.82. The van der Waals surface area contributed by atoms with Gasteiger partial charge in [-0.25, -0.2) is 19.9 Å². The van der Waals surface area contributed by atoms with Crippen LogP contribution in [0.5, 0.6) is 0 Å². The quantitative estimate of drug-likeness (QED) is 0.140. The molecule has 0 unspecified atom stereocenters. The van der Waals surface area contributed by atoms with Crippen LogP contribution in [0.15, 0.2) is 36.4 Å². The van der Waals surface area contributed by atoms with Crippen molar-refractivity contribution in [3.05, 3.63) is 36.4 Å². The van der Waals surface area contributed by atoms with Crippen molar-refractivity contribution in [3.8, 4) is 0 Å². The topological polar surface area (TPSA) is 168 Å². The van der Waals surface area contributed by atoms with Gasteiger partial charge in [-0.05, 0) is 36.4 Å². The van der Waals surface area contributed by atoms with Crippen molar-refractivity contribution in [1.82, 2.24) is 19.9 Å². The van der Waals surface area contributed by atoms with Crippen molar-refractivity contribution in [1.29, 1.82) is 0 Å². The van der Waals surface area contributed by atoms with Gasteiger partial charge in [-0.3, -0.25) is 19.2 Å². The Morgan fingerprint density at radius 2 is 0.500 bits per heavy atom. The van der Waals surface area contributed by atoms with Crippen molar-refractivity contribution >= 4 is 90.5 Å². The summed E-state index contributed by atoms with van der Waals surface area (Å²) in [6.45, 7) is 21.7. The van der Waals surface area contributed by atoms with Crippen molar-refractivity contribution < 1.29 is 19.2 Å². The first-order valence-corrected chi connectivity index (χ1v) is 16.6. The number of rotatable bonds is 4. The molecule has 0 aliphatic carbocycles. The number of carbonyl (C=O) groups is 4. The van der Waals surface area contributed by atoms with E-state index in [0.717, 1.165) is 0 Å². The standard InChI is InChI=1S/C38H46N8O4/c1-35(2,3)31(47)43-27-15-23-24(16-28(27)44-32(48)36(4,5)6)40-20-14-22-21(13-19(20)39-23)41-25-17-29(45-33(49)37(7,8)9)30(18-26(25)42-22)46-34(50)38(10,11)12/h13-18H,1-12H3,(H,43,47)(H,44,48)(H,45,49)(H,46,50). The highest BCUT2D eigenvalue weighted by atomic mass is 16.2. The molecule has 262 valence electrons. The molecule has 0 aliphatic heterocycles. The molecule has 4 N–H and O–H groups in total. The lowest BCUT2D eigenvalue weighted by Gasteiger charge is -2.22. The third kappa shape index (κ3) is 7.64. The van der Waals surface area contributed by atoms with Gasteiger partial charge in [0.05, 0.1) is 66.9 Å². The summed E-state index contributed by atoms with van der Waals surface area (Å²) in [5.41, 5.74) is 3.18. The first kappa shape index (κ1) is 36.0. The average molecular weight is 679 g/mol. The Labute approximate surface area is 291 Å². The normalized spacial score (nSPS) is 12.7. The van der Waals surface area contributed by atoms with Crippen molar-refractivity contribution in [2.24, 2.45) is 21.7 Å². The fraction of sp³-hybridized carbons (Fsp3) is 0.421. The molecular formula is C38H46N8O4. The number of aromatic nitrogens is 4. The maximum absolute atomic E-state index is 13.0. The summed E-state index contributed by atoms with van der Waals surface area (Å²) in [6, 6.07) is 10.4. The molecule has 4 amide bonds. The Balaban J connectivity index is 1.67. The number of benzene rings is 3. The van der Waals surface area contributed by atoms with Crippen molar-refractivity contribution in [3.63, 3.8) is 0 Å². The van der Waals surface area contributed by atoms with Gasteiger partial charge in [0.25, 0.3) is 0 Å². The third-order valence-corrected chi connectivity index (χ3v) is 7.98. The Bertz CT molecular complexity index is 1920. The van der Waals surface area contributed by atoms with E-state index in [-0.39, 0.29) is 23.6 Å². The minimum atomic E-state index is -0.677. The Hall–Kier alpha value is -5.26. The molecule has 5 rings (SSSR count). The highest BCUT2D eigenvalue weighted by Crippen LogP contribution is 2.34. The number of hydrogen-bond donors (Lipinski definition) is 4. The first-order chi connectivity index (χ1) is 22.9. The minimum absolute atomic E-state index is 0.218. The second kappa shape index (κ2) is 12.3. The molecule has 0 saturated carbocycles. The maximum Gasteiger partial charge on any atom is 0.229 e. The largest absolute Gasteiger partial charge is 0.324 e. The number of nitrogens with zero attached hydrogens (tertiary/aromatic N) is 4. The van der Waals surface area contributed by atoms with E-state index in [4.69, 9.17) is 19.9 Å². The van der Waals surface area contributed by atoms with E-state index in [1.807, 2.05) is 83.1 Å². The number of nitrogens with one attached hydrogen (secondary N) is 4. The zero-order chi connectivity index (χ0) is 37.1. The Morgan fingerprint density at radius 3 is 0.660 bits per heavy atom. The molecule has 0 fully saturated rings. The summed E-state index contributed by atoms with van der Waals surface area (Å²) >= 11 is 0. The van der Waals surface area contributed by atoms with Crippen LogP contribution in [0.25, 0.3) is 44.1 Å². The molecule has 3 aromatic carbocycles. The van der Waals surface area contributed by atoms with E-state index < -0.39 is 21.7 Å². The van der Waals surface area contributed by atoms with Gasteiger partial charge in [-0.2, -0.15) is 0 Å². The van der Waals surface area contributed by atoms with Crippen LogP contribution in [0.2, 0.25) is 0 Å². The summed E-state index contributed by atoms with van der Waals surface area (Å²) in [7, 11) is 0. The lowest BCUT2D eigenvalue weighted by molar-refractivity contribution is -0.124. The molecule has 5 aromatic rings. The lowest BCUT2D eigenvalue weighted by atomic mass is 9.95. The average Bonchev–Trinajstić information content (AvgIpc) is 2.96. The molecule has 0 radical (unpaired) electrons. The van der Waals surface area contributed by atoms with Crippen LogP contribution in [-0.4, -0.2) is 43.6 Å². The summed E-state index contributed by atoms with van der Waals surface area (Å²) in [6.07, 6.45) is 0. The second-order valence-corrected chi connectivity index (χ2v) is 16.9. The number of fused-ring (bicyclic) bond motifs is 4. The van der Waals surface area contributed by atoms with Gasteiger partial charge in [0.15, 0.2) is 0 Å². The van der Waals surface area contributed by atoms with E-state index in [9.17, 15) is 19.2 Å². The second-order valence-electron chi connectivity index (χ2n) is 16.9. The van der Waals surface area contributed by atoms with E-state index in [0.29, 0.717) is 66.9 Å². The van der Waals surface area contributed by atoms with Crippen LogP contribution >= 0.6 is 0 Å². The summed E-state index contributed by atoms with van der Waals surface area (Å²) in [5, 5.41) is 11.8. The molecule has 0 atom stereocenters. The van der Waals surface area contributed by atoms with Crippen LogP contribution in [-0.2, 0) is 19.2 Å². The Kier molecular flexibility index (Phi) is 8.83. The van der Waals surface area contributed by atoms with Gasteiger partial charge < -0.3 is 21.3 Å². The van der Waals surface area contributed by atoms with Crippen LogP contribution in [0.1, 0.15) is 83.1 Å². The molecule has 2 aromatic heterocycles. The zero-order valence-electron chi connectivity index (χ0n) is 30.9. The molecule has 0 bridgehead atoms. The number of carbonyl (C=O) groups excluding carboxylic acids is 4. The van der Waals surface area contributed by atoms with Gasteiger partial charge in [-0.1, -0.05) is 83.1 Å². The molecule has 50 heavy (non-hydrogen) atoms. The van der Waals surface area contributed by atoms with Crippen LogP contribution in [0.4, 0.5) is 22.7 Å². The SMILES string of the molecule is CC(C)(C)C(=O)Nc1cc2nc3cc4nc5cc(NC(=O)C(C)(C)C)c(NC(=O)C(C)(C)C)cc5nc4cc3nc2cc1NC(=O)C(C)(C)C. The van der Waals surface area contributed by atoms with Crippen LogP contribution < -0.4 is 21.3 Å². The summed E-state index contributed by atoms with van der Waals surface area (Å²) in [5.74, 6) is -0.873.